The van der Waals surface area contributed by atoms with E-state index < -0.39 is 6.04 Å². The van der Waals surface area contributed by atoms with Gasteiger partial charge in [0.2, 0.25) is 11.8 Å². The Hall–Kier alpha value is -2.33. The maximum atomic E-state index is 13.1. The van der Waals surface area contributed by atoms with E-state index >= 15 is 0 Å². The first-order chi connectivity index (χ1) is 13.5. The van der Waals surface area contributed by atoms with Gasteiger partial charge >= 0.3 is 0 Å². The Morgan fingerprint density at radius 3 is 2.32 bits per heavy atom. The average Bonchev–Trinajstić information content (AvgIpc) is 3.21. The van der Waals surface area contributed by atoms with Crippen molar-refractivity contribution in [2.24, 2.45) is 0 Å². The Kier molecular flexibility index (Phi) is 7.10. The van der Waals surface area contributed by atoms with Crippen molar-refractivity contribution in [1.29, 1.82) is 0 Å². The lowest BCUT2D eigenvalue weighted by Crippen LogP contribution is -2.50. The summed E-state index contributed by atoms with van der Waals surface area (Å²) in [7, 11) is 0. The summed E-state index contributed by atoms with van der Waals surface area (Å²) >= 11 is 5.94. The zero-order chi connectivity index (χ0) is 19.9. The normalized spacial score (nSPS) is 15.2. The molecular formula is C23H27ClN2O2. The number of rotatable bonds is 7. The van der Waals surface area contributed by atoms with Gasteiger partial charge in [-0.1, -0.05) is 66.9 Å². The Labute approximate surface area is 171 Å². The molecule has 28 heavy (non-hydrogen) atoms. The van der Waals surface area contributed by atoms with Crippen molar-refractivity contribution in [3.63, 3.8) is 0 Å². The molecule has 0 aromatic heterocycles. The molecule has 2 amide bonds. The molecule has 0 heterocycles. The molecule has 0 bridgehead atoms. The predicted molar refractivity (Wildman–Crippen MR) is 112 cm³/mol. The van der Waals surface area contributed by atoms with E-state index in [9.17, 15) is 9.59 Å². The fourth-order valence-electron chi connectivity index (χ4n) is 3.63. The van der Waals surface area contributed by atoms with Crippen molar-refractivity contribution in [1.82, 2.24) is 10.2 Å². The molecule has 0 aliphatic heterocycles. The van der Waals surface area contributed by atoms with Crippen molar-refractivity contribution in [2.75, 3.05) is 0 Å². The van der Waals surface area contributed by atoms with E-state index in [1.807, 2.05) is 49.4 Å². The number of nitrogens with one attached hydrogen (secondary N) is 1. The van der Waals surface area contributed by atoms with Crippen molar-refractivity contribution in [2.45, 2.75) is 57.7 Å². The maximum absolute atomic E-state index is 13.1. The highest BCUT2D eigenvalue weighted by molar-refractivity contribution is 6.30. The number of carbonyl (C=O) groups is 2. The summed E-state index contributed by atoms with van der Waals surface area (Å²) in [6, 6.07) is 16.8. The number of nitrogens with zero attached hydrogens (tertiary/aromatic N) is 1. The second kappa shape index (κ2) is 9.74. The molecule has 0 unspecified atom stereocenters. The van der Waals surface area contributed by atoms with Gasteiger partial charge in [-0.25, -0.2) is 0 Å². The van der Waals surface area contributed by atoms with E-state index in [1.165, 1.54) is 0 Å². The minimum Gasteiger partial charge on any atom is -0.352 e. The highest BCUT2D eigenvalue weighted by atomic mass is 35.5. The lowest BCUT2D eigenvalue weighted by Gasteiger charge is -2.30. The van der Waals surface area contributed by atoms with E-state index in [0.717, 1.165) is 36.8 Å². The SMILES string of the molecule is C[C@H](C(=O)NC1CCCC1)N(Cc1ccccc1)C(=O)Cc1ccc(Cl)cc1. The zero-order valence-electron chi connectivity index (χ0n) is 16.2. The average molecular weight is 399 g/mol. The molecule has 3 rings (SSSR count). The maximum Gasteiger partial charge on any atom is 0.242 e. The number of hydrogen-bond donors (Lipinski definition) is 1. The second-order valence-electron chi connectivity index (χ2n) is 7.48. The fraction of sp³-hybridized carbons (Fsp3) is 0.391. The zero-order valence-corrected chi connectivity index (χ0v) is 17.0. The Morgan fingerprint density at radius 1 is 1.04 bits per heavy atom. The third-order valence-corrected chi connectivity index (χ3v) is 5.59. The molecule has 4 nitrogen and oxygen atoms in total. The van der Waals surface area contributed by atoms with Crippen LogP contribution in [0.1, 0.15) is 43.7 Å². The van der Waals surface area contributed by atoms with Gasteiger partial charge < -0.3 is 10.2 Å². The van der Waals surface area contributed by atoms with Crippen LogP contribution in [-0.2, 0) is 22.6 Å². The molecule has 0 saturated heterocycles. The van der Waals surface area contributed by atoms with Crippen molar-refractivity contribution < 1.29 is 9.59 Å². The van der Waals surface area contributed by atoms with Crippen molar-refractivity contribution in [3.05, 3.63) is 70.7 Å². The lowest BCUT2D eigenvalue weighted by atomic mass is 10.1. The van der Waals surface area contributed by atoms with Gasteiger partial charge in [-0.05, 0) is 43.0 Å². The van der Waals surface area contributed by atoms with Crippen LogP contribution in [0.2, 0.25) is 5.02 Å². The number of carbonyl (C=O) groups excluding carboxylic acids is 2. The number of benzene rings is 2. The summed E-state index contributed by atoms with van der Waals surface area (Å²) in [6.07, 6.45) is 4.60. The molecular weight excluding hydrogens is 372 g/mol. The molecule has 1 aliphatic rings. The van der Waals surface area contributed by atoms with Crippen LogP contribution in [-0.4, -0.2) is 28.8 Å². The topological polar surface area (TPSA) is 49.4 Å². The van der Waals surface area contributed by atoms with Crippen molar-refractivity contribution >= 4 is 23.4 Å². The van der Waals surface area contributed by atoms with Gasteiger partial charge in [-0.2, -0.15) is 0 Å². The van der Waals surface area contributed by atoms with Crippen LogP contribution < -0.4 is 5.32 Å². The van der Waals surface area contributed by atoms with E-state index in [-0.39, 0.29) is 24.3 Å². The van der Waals surface area contributed by atoms with Crippen molar-refractivity contribution in [3.8, 4) is 0 Å². The Bertz CT molecular complexity index is 786. The summed E-state index contributed by atoms with van der Waals surface area (Å²) in [5.74, 6) is -0.146. The largest absolute Gasteiger partial charge is 0.352 e. The van der Waals surface area contributed by atoms with Gasteiger partial charge in [0.25, 0.3) is 0 Å². The molecule has 148 valence electrons. The number of hydrogen-bond acceptors (Lipinski definition) is 2. The highest BCUT2D eigenvalue weighted by Crippen LogP contribution is 2.19. The molecule has 2 aromatic rings. The van der Waals surface area contributed by atoms with Crippen LogP contribution in [0, 0.1) is 0 Å². The van der Waals surface area contributed by atoms with Gasteiger partial charge in [0.1, 0.15) is 6.04 Å². The third-order valence-electron chi connectivity index (χ3n) is 5.33. The summed E-state index contributed by atoms with van der Waals surface area (Å²) in [5, 5.41) is 3.76. The summed E-state index contributed by atoms with van der Waals surface area (Å²) in [5.41, 5.74) is 1.89. The van der Waals surface area contributed by atoms with Gasteiger partial charge in [-0.15, -0.1) is 0 Å². The van der Waals surface area contributed by atoms with E-state index in [1.54, 1.807) is 17.0 Å². The fourth-order valence-corrected chi connectivity index (χ4v) is 3.76. The molecule has 5 heteroatoms. The van der Waals surface area contributed by atoms with Crippen LogP contribution in [0.5, 0.6) is 0 Å². The third kappa shape index (κ3) is 5.59. The van der Waals surface area contributed by atoms with E-state index in [0.29, 0.717) is 11.6 Å². The van der Waals surface area contributed by atoms with E-state index in [2.05, 4.69) is 5.32 Å². The van der Waals surface area contributed by atoms with Crippen LogP contribution in [0.4, 0.5) is 0 Å². The highest BCUT2D eigenvalue weighted by Gasteiger charge is 2.28. The van der Waals surface area contributed by atoms with Gasteiger partial charge in [0.05, 0.1) is 6.42 Å². The Morgan fingerprint density at radius 2 is 1.68 bits per heavy atom. The summed E-state index contributed by atoms with van der Waals surface area (Å²) in [6.45, 7) is 2.22. The molecule has 0 radical (unpaired) electrons. The number of halogens is 1. The first-order valence-electron chi connectivity index (χ1n) is 9.91. The summed E-state index contributed by atoms with van der Waals surface area (Å²) in [4.78, 5) is 27.6. The predicted octanol–water partition coefficient (Wildman–Crippen LogP) is 4.36. The molecule has 0 spiro atoms. The first kappa shape index (κ1) is 20.4. The van der Waals surface area contributed by atoms with Gasteiger partial charge in [-0.3, -0.25) is 9.59 Å². The monoisotopic (exact) mass is 398 g/mol. The van der Waals surface area contributed by atoms with Crippen LogP contribution in [0.25, 0.3) is 0 Å². The molecule has 1 atom stereocenters. The quantitative estimate of drug-likeness (QED) is 0.753. The second-order valence-corrected chi connectivity index (χ2v) is 7.91. The van der Waals surface area contributed by atoms with Crippen LogP contribution in [0.15, 0.2) is 54.6 Å². The van der Waals surface area contributed by atoms with Gasteiger partial charge in [0.15, 0.2) is 0 Å². The first-order valence-corrected chi connectivity index (χ1v) is 10.3. The van der Waals surface area contributed by atoms with Crippen LogP contribution in [0.3, 0.4) is 0 Å². The minimum absolute atomic E-state index is 0.0692. The molecule has 1 N–H and O–H groups in total. The molecule has 2 aromatic carbocycles. The standard InChI is InChI=1S/C23H27ClN2O2/c1-17(23(28)25-21-9-5-6-10-21)26(16-19-7-3-2-4-8-19)22(27)15-18-11-13-20(24)14-12-18/h2-4,7-8,11-14,17,21H,5-6,9-10,15-16H2,1H3,(H,25,28)/t17-/m1/s1. The molecule has 1 saturated carbocycles. The number of amides is 2. The minimum atomic E-state index is -0.527. The molecule has 1 aliphatic carbocycles. The summed E-state index contributed by atoms with van der Waals surface area (Å²) < 4.78 is 0. The van der Waals surface area contributed by atoms with Crippen LogP contribution >= 0.6 is 11.6 Å². The van der Waals surface area contributed by atoms with E-state index in [4.69, 9.17) is 11.6 Å². The Balaban J connectivity index is 1.73. The smallest absolute Gasteiger partial charge is 0.242 e. The molecule has 1 fully saturated rings. The van der Waals surface area contributed by atoms with Gasteiger partial charge in [0, 0.05) is 17.6 Å². The lowest BCUT2D eigenvalue weighted by molar-refractivity contribution is -0.140.